The summed E-state index contributed by atoms with van der Waals surface area (Å²) in [7, 11) is 2.94. The predicted molar refractivity (Wildman–Crippen MR) is 56.2 cm³/mol. The second-order valence-corrected chi connectivity index (χ2v) is 2.98. The van der Waals surface area contributed by atoms with Gasteiger partial charge in [-0.15, -0.1) is 0 Å². The Bertz CT molecular complexity index is 300. The van der Waals surface area contributed by atoms with Gasteiger partial charge < -0.3 is 9.47 Å². The zero-order valence-electron chi connectivity index (χ0n) is 8.90. The van der Waals surface area contributed by atoms with Crippen LogP contribution in [0.2, 0.25) is 0 Å². The molecular weight excluding hydrogens is 194 g/mol. The average molecular weight is 209 g/mol. The molecule has 1 aromatic carbocycles. The van der Waals surface area contributed by atoms with E-state index in [1.807, 2.05) is 30.3 Å². The first kappa shape index (κ1) is 11.7. The van der Waals surface area contributed by atoms with Crippen molar-refractivity contribution >= 4 is 5.97 Å². The SMILES string of the molecule is COC(=O)CNC(OC)c1ccccc1. The minimum atomic E-state index is -0.312. The number of nitrogens with one attached hydrogen (secondary N) is 1. The molecule has 15 heavy (non-hydrogen) atoms. The average Bonchev–Trinajstić information content (AvgIpc) is 2.31. The predicted octanol–water partition coefficient (Wildman–Crippen LogP) is 1.09. The summed E-state index contributed by atoms with van der Waals surface area (Å²) in [5, 5.41) is 2.94. The van der Waals surface area contributed by atoms with Crippen LogP contribution in [0.5, 0.6) is 0 Å². The molecule has 0 heterocycles. The Hall–Kier alpha value is -1.39. The van der Waals surface area contributed by atoms with Crippen LogP contribution in [0.4, 0.5) is 0 Å². The van der Waals surface area contributed by atoms with Crippen molar-refractivity contribution in [2.24, 2.45) is 0 Å². The molecule has 1 atom stereocenters. The van der Waals surface area contributed by atoms with Crippen molar-refractivity contribution in [3.05, 3.63) is 35.9 Å². The van der Waals surface area contributed by atoms with E-state index in [-0.39, 0.29) is 18.7 Å². The van der Waals surface area contributed by atoms with Crippen LogP contribution in [0.15, 0.2) is 30.3 Å². The van der Waals surface area contributed by atoms with E-state index in [9.17, 15) is 4.79 Å². The van der Waals surface area contributed by atoms with Gasteiger partial charge in [0, 0.05) is 7.11 Å². The van der Waals surface area contributed by atoms with Crippen molar-refractivity contribution in [3.63, 3.8) is 0 Å². The molecule has 0 saturated carbocycles. The molecule has 1 rings (SSSR count). The number of carbonyl (C=O) groups is 1. The van der Waals surface area contributed by atoms with Gasteiger partial charge in [0.15, 0.2) is 0 Å². The van der Waals surface area contributed by atoms with Crippen molar-refractivity contribution in [1.29, 1.82) is 0 Å². The number of benzene rings is 1. The third-order valence-corrected chi connectivity index (χ3v) is 2.00. The largest absolute Gasteiger partial charge is 0.468 e. The number of esters is 1. The lowest BCUT2D eigenvalue weighted by molar-refractivity contribution is -0.140. The lowest BCUT2D eigenvalue weighted by atomic mass is 10.2. The second kappa shape index (κ2) is 6.16. The maximum atomic E-state index is 10.9. The summed E-state index contributed by atoms with van der Waals surface area (Å²) in [6, 6.07) is 9.62. The van der Waals surface area contributed by atoms with Gasteiger partial charge in [-0.05, 0) is 5.56 Å². The Morgan fingerprint density at radius 1 is 1.33 bits per heavy atom. The topological polar surface area (TPSA) is 47.6 Å². The number of hydrogen-bond acceptors (Lipinski definition) is 4. The van der Waals surface area contributed by atoms with Crippen molar-refractivity contribution in [1.82, 2.24) is 5.32 Å². The molecule has 0 spiro atoms. The maximum Gasteiger partial charge on any atom is 0.319 e. The van der Waals surface area contributed by atoms with E-state index in [4.69, 9.17) is 4.74 Å². The third-order valence-electron chi connectivity index (χ3n) is 2.00. The second-order valence-electron chi connectivity index (χ2n) is 2.98. The Balaban J connectivity index is 2.53. The van der Waals surface area contributed by atoms with Gasteiger partial charge in [-0.25, -0.2) is 0 Å². The van der Waals surface area contributed by atoms with E-state index < -0.39 is 0 Å². The minimum absolute atomic E-state index is 0.129. The Kier molecular flexibility index (Phi) is 4.80. The normalized spacial score (nSPS) is 12.1. The Labute approximate surface area is 89.2 Å². The van der Waals surface area contributed by atoms with E-state index in [0.29, 0.717) is 0 Å². The molecule has 0 amide bonds. The minimum Gasteiger partial charge on any atom is -0.468 e. The van der Waals surface area contributed by atoms with Gasteiger partial charge in [0.2, 0.25) is 0 Å². The van der Waals surface area contributed by atoms with Gasteiger partial charge in [0.1, 0.15) is 6.23 Å². The molecule has 0 saturated heterocycles. The van der Waals surface area contributed by atoms with Gasteiger partial charge in [0.25, 0.3) is 0 Å². The molecule has 4 heteroatoms. The van der Waals surface area contributed by atoms with Crippen LogP contribution >= 0.6 is 0 Å². The fourth-order valence-corrected chi connectivity index (χ4v) is 1.21. The monoisotopic (exact) mass is 209 g/mol. The molecule has 1 N–H and O–H groups in total. The van der Waals surface area contributed by atoms with Crippen molar-refractivity contribution in [2.45, 2.75) is 6.23 Å². The van der Waals surface area contributed by atoms with Crippen LogP contribution in [0.3, 0.4) is 0 Å². The molecule has 4 nitrogen and oxygen atoms in total. The van der Waals surface area contributed by atoms with Crippen LogP contribution in [-0.4, -0.2) is 26.7 Å². The fourth-order valence-electron chi connectivity index (χ4n) is 1.21. The van der Waals surface area contributed by atoms with Gasteiger partial charge in [-0.2, -0.15) is 0 Å². The number of rotatable bonds is 5. The van der Waals surface area contributed by atoms with Crippen LogP contribution in [0, 0.1) is 0 Å². The van der Waals surface area contributed by atoms with E-state index in [1.54, 1.807) is 7.11 Å². The molecule has 0 aliphatic heterocycles. The van der Waals surface area contributed by atoms with Crippen LogP contribution in [0.1, 0.15) is 11.8 Å². The third kappa shape index (κ3) is 3.69. The summed E-state index contributed by atoms with van der Waals surface area (Å²) in [6.45, 7) is 0.129. The molecule has 0 aliphatic carbocycles. The zero-order valence-corrected chi connectivity index (χ0v) is 8.90. The molecule has 0 fully saturated rings. The summed E-state index contributed by atoms with van der Waals surface area (Å²) in [5.41, 5.74) is 0.976. The van der Waals surface area contributed by atoms with Gasteiger partial charge in [-0.1, -0.05) is 30.3 Å². The smallest absolute Gasteiger partial charge is 0.319 e. The summed E-state index contributed by atoms with van der Waals surface area (Å²) in [4.78, 5) is 10.9. The Morgan fingerprint density at radius 2 is 2.00 bits per heavy atom. The summed E-state index contributed by atoms with van der Waals surface area (Å²) < 4.78 is 9.74. The highest BCUT2D eigenvalue weighted by Crippen LogP contribution is 2.11. The van der Waals surface area contributed by atoms with E-state index in [1.165, 1.54) is 7.11 Å². The van der Waals surface area contributed by atoms with Crippen LogP contribution in [-0.2, 0) is 14.3 Å². The molecule has 1 unspecified atom stereocenters. The van der Waals surface area contributed by atoms with E-state index >= 15 is 0 Å². The lowest BCUT2D eigenvalue weighted by Gasteiger charge is -2.16. The molecule has 0 aromatic heterocycles. The Morgan fingerprint density at radius 3 is 2.53 bits per heavy atom. The first-order valence-electron chi connectivity index (χ1n) is 4.66. The highest BCUT2D eigenvalue weighted by Gasteiger charge is 2.10. The number of carbonyl (C=O) groups excluding carboxylic acids is 1. The van der Waals surface area contributed by atoms with Crippen LogP contribution in [0.25, 0.3) is 0 Å². The summed E-state index contributed by atoms with van der Waals surface area (Å²) in [5.74, 6) is -0.312. The number of hydrogen-bond donors (Lipinski definition) is 1. The van der Waals surface area contributed by atoms with Crippen molar-refractivity contribution < 1.29 is 14.3 Å². The first-order chi connectivity index (χ1) is 7.27. The number of methoxy groups -OCH3 is 2. The van der Waals surface area contributed by atoms with Gasteiger partial charge in [0.05, 0.1) is 13.7 Å². The van der Waals surface area contributed by atoms with Gasteiger partial charge in [-0.3, -0.25) is 10.1 Å². The molecule has 0 bridgehead atoms. The van der Waals surface area contributed by atoms with E-state index in [0.717, 1.165) is 5.56 Å². The highest BCUT2D eigenvalue weighted by atomic mass is 16.5. The zero-order chi connectivity index (χ0) is 11.1. The lowest BCUT2D eigenvalue weighted by Crippen LogP contribution is -2.29. The summed E-state index contributed by atoms with van der Waals surface area (Å²) >= 11 is 0. The van der Waals surface area contributed by atoms with Crippen molar-refractivity contribution in [3.8, 4) is 0 Å². The molecule has 1 aromatic rings. The molecular formula is C11H15NO3. The summed E-state index contributed by atoms with van der Waals surface area (Å²) in [6.07, 6.45) is -0.287. The highest BCUT2D eigenvalue weighted by molar-refractivity contribution is 5.71. The molecule has 0 aliphatic rings. The molecule has 82 valence electrons. The molecule has 0 radical (unpaired) electrons. The fraction of sp³-hybridized carbons (Fsp3) is 0.364. The van der Waals surface area contributed by atoms with Crippen molar-refractivity contribution in [2.75, 3.05) is 20.8 Å². The first-order valence-corrected chi connectivity index (χ1v) is 4.66. The number of ether oxygens (including phenoxy) is 2. The quantitative estimate of drug-likeness (QED) is 0.582. The van der Waals surface area contributed by atoms with Crippen LogP contribution < -0.4 is 5.32 Å². The van der Waals surface area contributed by atoms with Gasteiger partial charge >= 0.3 is 5.97 Å². The van der Waals surface area contributed by atoms with E-state index in [2.05, 4.69) is 10.1 Å². The standard InChI is InChI=1S/C11H15NO3/c1-14-10(13)8-12-11(15-2)9-6-4-3-5-7-9/h3-7,11-12H,8H2,1-2H3. The maximum absolute atomic E-state index is 10.9.